The second kappa shape index (κ2) is 6.97. The van der Waals surface area contributed by atoms with Gasteiger partial charge in [-0.25, -0.2) is 4.98 Å². The van der Waals surface area contributed by atoms with E-state index >= 15 is 0 Å². The third kappa shape index (κ3) is 3.72. The van der Waals surface area contributed by atoms with Crippen LogP contribution in [-0.4, -0.2) is 29.7 Å². The monoisotopic (exact) mass is 375 g/mol. The SMILES string of the molecule is Cc1cnc(C)c(NCC2(c3ccc(Br)cc3)CCOCC2)n1. The molecule has 2 aromatic rings. The maximum atomic E-state index is 5.60. The van der Waals surface area contributed by atoms with Gasteiger partial charge in [0, 0.05) is 35.8 Å². The molecule has 0 unspecified atom stereocenters. The minimum atomic E-state index is 0.0802. The van der Waals surface area contributed by atoms with Gasteiger partial charge < -0.3 is 10.1 Å². The fraction of sp³-hybridized carbons (Fsp3) is 0.444. The van der Waals surface area contributed by atoms with E-state index in [4.69, 9.17) is 4.74 Å². The number of hydrogen-bond acceptors (Lipinski definition) is 4. The fourth-order valence-corrected chi connectivity index (χ4v) is 3.36. The van der Waals surface area contributed by atoms with E-state index in [-0.39, 0.29) is 5.41 Å². The smallest absolute Gasteiger partial charge is 0.147 e. The van der Waals surface area contributed by atoms with Crippen molar-refractivity contribution in [1.82, 2.24) is 9.97 Å². The molecule has 4 nitrogen and oxygen atoms in total. The first-order valence-electron chi connectivity index (χ1n) is 7.97. The molecule has 5 heteroatoms. The highest BCUT2D eigenvalue weighted by molar-refractivity contribution is 9.10. The van der Waals surface area contributed by atoms with Crippen molar-refractivity contribution < 1.29 is 4.74 Å². The zero-order valence-electron chi connectivity index (χ0n) is 13.6. The van der Waals surface area contributed by atoms with Gasteiger partial charge in [-0.05, 0) is 44.4 Å². The molecule has 0 radical (unpaired) electrons. The van der Waals surface area contributed by atoms with Crippen molar-refractivity contribution in [2.45, 2.75) is 32.1 Å². The van der Waals surface area contributed by atoms with Crippen LogP contribution < -0.4 is 5.32 Å². The first kappa shape index (κ1) is 16.4. The van der Waals surface area contributed by atoms with Crippen molar-refractivity contribution >= 4 is 21.7 Å². The topological polar surface area (TPSA) is 47.0 Å². The molecule has 1 aliphatic heterocycles. The number of ether oxygens (including phenoxy) is 1. The summed E-state index contributed by atoms with van der Waals surface area (Å²) in [5.74, 6) is 0.882. The highest BCUT2D eigenvalue weighted by Gasteiger charge is 2.34. The van der Waals surface area contributed by atoms with Crippen molar-refractivity contribution in [3.05, 3.63) is 51.9 Å². The largest absolute Gasteiger partial charge is 0.381 e. The van der Waals surface area contributed by atoms with Crippen LogP contribution in [-0.2, 0) is 10.2 Å². The highest BCUT2D eigenvalue weighted by atomic mass is 79.9. The first-order valence-corrected chi connectivity index (χ1v) is 8.76. The van der Waals surface area contributed by atoms with Crippen LogP contribution in [0.25, 0.3) is 0 Å². The average molecular weight is 376 g/mol. The number of benzene rings is 1. The minimum absolute atomic E-state index is 0.0802. The summed E-state index contributed by atoms with van der Waals surface area (Å²) >= 11 is 3.52. The van der Waals surface area contributed by atoms with Crippen LogP contribution in [0.1, 0.15) is 29.8 Å². The summed E-state index contributed by atoms with van der Waals surface area (Å²) in [4.78, 5) is 8.98. The number of anilines is 1. The van der Waals surface area contributed by atoms with E-state index < -0.39 is 0 Å². The van der Waals surface area contributed by atoms with Gasteiger partial charge in [0.2, 0.25) is 0 Å². The van der Waals surface area contributed by atoms with E-state index in [1.165, 1.54) is 5.56 Å². The van der Waals surface area contributed by atoms with Crippen LogP contribution in [0.5, 0.6) is 0 Å². The Kier molecular flexibility index (Phi) is 4.97. The summed E-state index contributed by atoms with van der Waals surface area (Å²) < 4.78 is 6.71. The Bertz CT molecular complexity index is 666. The van der Waals surface area contributed by atoms with E-state index in [1.54, 1.807) is 6.20 Å². The zero-order valence-corrected chi connectivity index (χ0v) is 15.2. The number of aryl methyl sites for hydroxylation is 2. The molecular formula is C18H22BrN3O. The summed E-state index contributed by atoms with van der Waals surface area (Å²) in [7, 11) is 0. The van der Waals surface area contributed by atoms with Gasteiger partial charge in [-0.3, -0.25) is 4.98 Å². The van der Waals surface area contributed by atoms with E-state index in [0.717, 1.165) is 54.3 Å². The molecule has 122 valence electrons. The van der Waals surface area contributed by atoms with E-state index in [2.05, 4.69) is 55.5 Å². The van der Waals surface area contributed by atoms with Crippen molar-refractivity contribution in [1.29, 1.82) is 0 Å². The predicted molar refractivity (Wildman–Crippen MR) is 95.9 cm³/mol. The normalized spacial score (nSPS) is 17.0. The van der Waals surface area contributed by atoms with Crippen molar-refractivity contribution in [2.75, 3.05) is 25.1 Å². The van der Waals surface area contributed by atoms with Crippen LogP contribution in [0.2, 0.25) is 0 Å². The molecule has 23 heavy (non-hydrogen) atoms. The Morgan fingerprint density at radius 2 is 1.87 bits per heavy atom. The predicted octanol–water partition coefficient (Wildman–Crippen LogP) is 4.02. The number of halogens is 1. The van der Waals surface area contributed by atoms with Gasteiger partial charge in [0.15, 0.2) is 0 Å². The third-order valence-corrected chi connectivity index (χ3v) is 5.11. The molecule has 1 saturated heterocycles. The molecule has 1 aromatic heterocycles. The Balaban J connectivity index is 1.84. The number of nitrogens with one attached hydrogen (secondary N) is 1. The van der Waals surface area contributed by atoms with E-state index in [0.29, 0.717) is 0 Å². The molecule has 1 fully saturated rings. The van der Waals surface area contributed by atoms with Crippen molar-refractivity contribution in [2.24, 2.45) is 0 Å². The number of hydrogen-bond donors (Lipinski definition) is 1. The standard InChI is InChI=1S/C18H22BrN3O/c1-13-11-20-14(2)17(22-13)21-12-18(7-9-23-10-8-18)15-3-5-16(19)6-4-15/h3-6,11H,7-10,12H2,1-2H3,(H,21,22). The van der Waals surface area contributed by atoms with Crippen LogP contribution in [0.15, 0.2) is 34.9 Å². The molecule has 0 saturated carbocycles. The molecule has 0 spiro atoms. The Morgan fingerprint density at radius 3 is 2.57 bits per heavy atom. The molecule has 1 aliphatic rings. The van der Waals surface area contributed by atoms with Gasteiger partial charge in [0.25, 0.3) is 0 Å². The molecule has 1 N–H and O–H groups in total. The second-order valence-electron chi connectivity index (χ2n) is 6.20. The lowest BCUT2D eigenvalue weighted by Crippen LogP contribution is -2.40. The molecule has 0 aliphatic carbocycles. The molecule has 0 bridgehead atoms. The van der Waals surface area contributed by atoms with Crippen molar-refractivity contribution in [3.63, 3.8) is 0 Å². The number of nitrogens with zero attached hydrogens (tertiary/aromatic N) is 2. The lowest BCUT2D eigenvalue weighted by Gasteiger charge is -2.38. The maximum absolute atomic E-state index is 5.60. The highest BCUT2D eigenvalue weighted by Crippen LogP contribution is 2.35. The van der Waals surface area contributed by atoms with Crippen molar-refractivity contribution in [3.8, 4) is 0 Å². The van der Waals surface area contributed by atoms with Gasteiger partial charge in [-0.1, -0.05) is 28.1 Å². The summed E-state index contributed by atoms with van der Waals surface area (Å²) in [6.45, 7) is 6.41. The molecule has 2 heterocycles. The third-order valence-electron chi connectivity index (χ3n) is 4.58. The molecule has 0 atom stereocenters. The molecule has 0 amide bonds. The summed E-state index contributed by atoms with van der Waals surface area (Å²) in [6.07, 6.45) is 3.83. The van der Waals surface area contributed by atoms with Gasteiger partial charge in [0.1, 0.15) is 5.82 Å². The Labute approximate surface area is 145 Å². The van der Waals surface area contributed by atoms with E-state index in [1.807, 2.05) is 13.8 Å². The van der Waals surface area contributed by atoms with Crippen LogP contribution >= 0.6 is 15.9 Å². The Morgan fingerprint density at radius 1 is 1.17 bits per heavy atom. The van der Waals surface area contributed by atoms with Crippen LogP contribution in [0.4, 0.5) is 5.82 Å². The van der Waals surface area contributed by atoms with Crippen LogP contribution in [0.3, 0.4) is 0 Å². The number of aromatic nitrogens is 2. The van der Waals surface area contributed by atoms with Crippen LogP contribution in [0, 0.1) is 13.8 Å². The zero-order chi connectivity index (χ0) is 16.3. The summed E-state index contributed by atoms with van der Waals surface area (Å²) in [5.41, 5.74) is 3.31. The van der Waals surface area contributed by atoms with Gasteiger partial charge in [-0.2, -0.15) is 0 Å². The van der Waals surface area contributed by atoms with Gasteiger partial charge in [-0.15, -0.1) is 0 Å². The minimum Gasteiger partial charge on any atom is -0.381 e. The molecule has 3 rings (SSSR count). The number of rotatable bonds is 4. The lowest BCUT2D eigenvalue weighted by molar-refractivity contribution is 0.0543. The fourth-order valence-electron chi connectivity index (χ4n) is 3.09. The van der Waals surface area contributed by atoms with Gasteiger partial charge in [0.05, 0.1) is 11.4 Å². The quantitative estimate of drug-likeness (QED) is 0.876. The Hall–Kier alpha value is -1.46. The average Bonchev–Trinajstić information content (AvgIpc) is 2.57. The van der Waals surface area contributed by atoms with E-state index in [9.17, 15) is 0 Å². The maximum Gasteiger partial charge on any atom is 0.147 e. The summed E-state index contributed by atoms with van der Waals surface area (Å²) in [5, 5.41) is 3.54. The first-order chi connectivity index (χ1) is 11.1. The lowest BCUT2D eigenvalue weighted by atomic mass is 9.74. The second-order valence-corrected chi connectivity index (χ2v) is 7.11. The molecular weight excluding hydrogens is 354 g/mol. The summed E-state index contributed by atoms with van der Waals surface area (Å²) in [6, 6.07) is 8.66. The molecule has 1 aromatic carbocycles. The van der Waals surface area contributed by atoms with Gasteiger partial charge >= 0.3 is 0 Å².